The van der Waals surface area contributed by atoms with Gasteiger partial charge >= 0.3 is 0 Å². The molecule has 2 aromatic heterocycles. The second-order valence-electron chi connectivity index (χ2n) is 7.36. The number of hydrogen-bond acceptors (Lipinski definition) is 5. The molecule has 0 aliphatic rings. The Hall–Kier alpha value is -3.84. The van der Waals surface area contributed by atoms with E-state index in [1.807, 2.05) is 24.3 Å². The molecule has 0 aliphatic heterocycles. The molecule has 0 bridgehead atoms. The third-order valence-electron chi connectivity index (χ3n) is 5.02. The van der Waals surface area contributed by atoms with Crippen LogP contribution < -0.4 is 5.32 Å². The number of aromatic hydroxyl groups is 2. The molecule has 2 aromatic carbocycles. The van der Waals surface area contributed by atoms with Crippen molar-refractivity contribution in [2.75, 3.05) is 0 Å². The smallest absolute Gasteiger partial charge is 0.253 e. The van der Waals surface area contributed by atoms with Crippen molar-refractivity contribution in [2.45, 2.75) is 12.4 Å². The maximum atomic E-state index is 13.2. The van der Waals surface area contributed by atoms with Gasteiger partial charge in [-0.3, -0.25) is 14.5 Å². The zero-order chi connectivity index (χ0) is 22.7. The highest BCUT2D eigenvalue weighted by atomic mass is 35.5. The Morgan fingerprint density at radius 2 is 1.84 bits per heavy atom. The molecule has 0 saturated carbocycles. The lowest BCUT2D eigenvalue weighted by atomic mass is 10.0. The molecule has 3 N–H and O–H groups in total. The van der Waals surface area contributed by atoms with Crippen molar-refractivity contribution in [3.05, 3.63) is 83.8 Å². The number of hydrogen-bond donors (Lipinski definition) is 3. The number of carbonyl (C=O) groups is 1. The van der Waals surface area contributed by atoms with Gasteiger partial charge in [-0.25, -0.2) is 0 Å². The minimum Gasteiger partial charge on any atom is -0.504 e. The van der Waals surface area contributed by atoms with Crippen LogP contribution in [-0.4, -0.2) is 30.9 Å². The molecule has 0 unspecified atom stereocenters. The molecular weight excluding hydrogens is 428 g/mol. The third kappa shape index (κ3) is 4.58. The number of nitrogens with one attached hydrogen (secondary N) is 1. The number of aryl methyl sites for hydroxylation is 1. The van der Waals surface area contributed by atoms with Crippen molar-refractivity contribution in [1.82, 2.24) is 20.1 Å². The third-order valence-corrected chi connectivity index (χ3v) is 5.33. The van der Waals surface area contributed by atoms with Gasteiger partial charge in [0.15, 0.2) is 11.5 Å². The molecule has 0 saturated heterocycles. The first-order chi connectivity index (χ1) is 15.4. The van der Waals surface area contributed by atoms with Crippen LogP contribution in [-0.2, 0) is 19.5 Å². The Bertz CT molecular complexity index is 1290. The van der Waals surface area contributed by atoms with Gasteiger partial charge in [-0.2, -0.15) is 5.10 Å². The normalized spacial score (nSPS) is 10.8. The van der Waals surface area contributed by atoms with Crippen molar-refractivity contribution in [2.24, 2.45) is 7.05 Å². The number of benzene rings is 2. The van der Waals surface area contributed by atoms with E-state index in [0.29, 0.717) is 22.7 Å². The summed E-state index contributed by atoms with van der Waals surface area (Å²) in [6.07, 6.45) is 5.18. The van der Waals surface area contributed by atoms with E-state index in [2.05, 4.69) is 15.4 Å². The average Bonchev–Trinajstić information content (AvgIpc) is 3.25. The molecular formula is C24H21ClN4O3. The van der Waals surface area contributed by atoms with E-state index in [9.17, 15) is 15.0 Å². The molecule has 8 heteroatoms. The predicted molar refractivity (Wildman–Crippen MR) is 122 cm³/mol. The van der Waals surface area contributed by atoms with Crippen molar-refractivity contribution in [1.29, 1.82) is 0 Å². The van der Waals surface area contributed by atoms with Gasteiger partial charge in [0.2, 0.25) is 0 Å². The fraction of sp³-hybridized carbons (Fsp3) is 0.125. The number of carbonyl (C=O) groups excluding carboxylic acids is 1. The van der Waals surface area contributed by atoms with Crippen LogP contribution in [0, 0.1) is 0 Å². The molecule has 32 heavy (non-hydrogen) atoms. The SMILES string of the molecule is Cn1cc(-c2ncc(-c3cccc(CCl)c3)cc2C(=O)NCc2ccc(O)c(O)c2)cn1. The Labute approximate surface area is 189 Å². The van der Waals surface area contributed by atoms with Gasteiger partial charge < -0.3 is 15.5 Å². The minimum atomic E-state index is -0.320. The van der Waals surface area contributed by atoms with Crippen LogP contribution >= 0.6 is 11.6 Å². The van der Waals surface area contributed by atoms with Gasteiger partial charge in [0.25, 0.3) is 5.91 Å². The molecule has 0 spiro atoms. The van der Waals surface area contributed by atoms with Gasteiger partial charge in [0, 0.05) is 43.0 Å². The first kappa shape index (κ1) is 21.4. The van der Waals surface area contributed by atoms with E-state index in [1.165, 1.54) is 12.1 Å². The van der Waals surface area contributed by atoms with Crippen molar-refractivity contribution < 1.29 is 15.0 Å². The summed E-state index contributed by atoms with van der Waals surface area (Å²) in [4.78, 5) is 17.7. The Morgan fingerprint density at radius 3 is 2.56 bits per heavy atom. The van der Waals surface area contributed by atoms with Crippen molar-refractivity contribution >= 4 is 17.5 Å². The Balaban J connectivity index is 1.69. The van der Waals surface area contributed by atoms with Gasteiger partial charge in [-0.15, -0.1) is 11.6 Å². The fourth-order valence-corrected chi connectivity index (χ4v) is 3.53. The summed E-state index contributed by atoms with van der Waals surface area (Å²) in [5.41, 5.74) is 4.95. The highest BCUT2D eigenvalue weighted by molar-refractivity contribution is 6.17. The molecule has 0 radical (unpaired) electrons. The molecule has 0 fully saturated rings. The Morgan fingerprint density at radius 1 is 1.00 bits per heavy atom. The van der Waals surface area contributed by atoms with Crippen LogP contribution in [0.4, 0.5) is 0 Å². The van der Waals surface area contributed by atoms with E-state index in [4.69, 9.17) is 11.6 Å². The molecule has 0 atom stereocenters. The number of alkyl halides is 1. The van der Waals surface area contributed by atoms with Crippen LogP contribution in [0.25, 0.3) is 22.4 Å². The quantitative estimate of drug-likeness (QED) is 0.303. The average molecular weight is 449 g/mol. The summed E-state index contributed by atoms with van der Waals surface area (Å²) in [7, 11) is 1.80. The largest absolute Gasteiger partial charge is 0.504 e. The summed E-state index contributed by atoms with van der Waals surface area (Å²) in [6.45, 7) is 0.172. The zero-order valence-corrected chi connectivity index (χ0v) is 18.0. The van der Waals surface area contributed by atoms with Gasteiger partial charge in [-0.1, -0.05) is 24.3 Å². The summed E-state index contributed by atoms with van der Waals surface area (Å²) in [5, 5.41) is 26.2. The maximum Gasteiger partial charge on any atom is 0.253 e. The number of aromatic nitrogens is 3. The standard InChI is InChI=1S/C24H21ClN4O3/c1-29-14-19(13-28-29)23-20(24(32)27-11-16-5-6-21(30)22(31)8-16)9-18(12-26-23)17-4-2-3-15(7-17)10-25/h2-9,12-14,30-31H,10-11H2,1H3,(H,27,32). The van der Waals surface area contributed by atoms with Gasteiger partial charge in [-0.05, 0) is 41.0 Å². The number of nitrogens with zero attached hydrogens (tertiary/aromatic N) is 3. The minimum absolute atomic E-state index is 0.172. The Kier molecular flexibility index (Phi) is 6.09. The summed E-state index contributed by atoms with van der Waals surface area (Å²) in [6, 6.07) is 14.0. The molecule has 7 nitrogen and oxygen atoms in total. The van der Waals surface area contributed by atoms with Crippen LogP contribution in [0.3, 0.4) is 0 Å². The first-order valence-electron chi connectivity index (χ1n) is 9.88. The molecule has 0 aliphatic carbocycles. The molecule has 4 rings (SSSR count). The summed E-state index contributed by atoms with van der Waals surface area (Å²) < 4.78 is 1.65. The molecule has 162 valence electrons. The van der Waals surface area contributed by atoms with Crippen molar-refractivity contribution in [3.8, 4) is 33.9 Å². The second kappa shape index (κ2) is 9.11. The van der Waals surface area contributed by atoms with E-state index in [0.717, 1.165) is 22.3 Å². The number of phenols is 2. The first-order valence-corrected chi connectivity index (χ1v) is 10.4. The number of amides is 1. The maximum absolute atomic E-state index is 13.2. The fourth-order valence-electron chi connectivity index (χ4n) is 3.36. The van der Waals surface area contributed by atoms with Crippen LogP contribution in [0.1, 0.15) is 21.5 Å². The highest BCUT2D eigenvalue weighted by Gasteiger charge is 2.17. The van der Waals surface area contributed by atoms with Gasteiger partial charge in [0.1, 0.15) is 0 Å². The van der Waals surface area contributed by atoms with E-state index < -0.39 is 0 Å². The summed E-state index contributed by atoms with van der Waals surface area (Å²) in [5.74, 6) is -0.382. The van der Waals surface area contributed by atoms with Crippen LogP contribution in [0.5, 0.6) is 11.5 Å². The lowest BCUT2D eigenvalue weighted by molar-refractivity contribution is 0.0951. The highest BCUT2D eigenvalue weighted by Crippen LogP contribution is 2.28. The number of phenolic OH excluding ortho intramolecular Hbond substituents is 2. The number of pyridine rings is 1. The predicted octanol–water partition coefficient (Wildman–Crippen LogP) is 4.23. The van der Waals surface area contributed by atoms with E-state index in [-0.39, 0.29) is 24.0 Å². The summed E-state index contributed by atoms with van der Waals surface area (Å²) >= 11 is 5.97. The lowest BCUT2D eigenvalue weighted by Gasteiger charge is -2.12. The number of halogens is 1. The molecule has 2 heterocycles. The van der Waals surface area contributed by atoms with Crippen LogP contribution in [0.15, 0.2) is 67.1 Å². The van der Waals surface area contributed by atoms with Crippen molar-refractivity contribution in [3.63, 3.8) is 0 Å². The topological polar surface area (TPSA) is 100 Å². The lowest BCUT2D eigenvalue weighted by Crippen LogP contribution is -2.23. The zero-order valence-electron chi connectivity index (χ0n) is 17.3. The molecule has 4 aromatic rings. The van der Waals surface area contributed by atoms with Crippen LogP contribution in [0.2, 0.25) is 0 Å². The number of rotatable bonds is 6. The monoisotopic (exact) mass is 448 g/mol. The van der Waals surface area contributed by atoms with E-state index in [1.54, 1.807) is 42.5 Å². The second-order valence-corrected chi connectivity index (χ2v) is 7.63. The van der Waals surface area contributed by atoms with E-state index >= 15 is 0 Å². The van der Waals surface area contributed by atoms with Gasteiger partial charge in [0.05, 0.1) is 17.5 Å². The molecule has 1 amide bonds.